The molecule has 2 heterocycles. The molecule has 0 amide bonds. The van der Waals surface area contributed by atoms with Crippen molar-refractivity contribution in [3.63, 3.8) is 0 Å². The number of fused-ring (bicyclic) bond motifs is 5. The molecule has 4 nitrogen and oxygen atoms in total. The first-order valence-corrected chi connectivity index (χ1v) is 13.6. The zero-order valence-corrected chi connectivity index (χ0v) is 22.0. The van der Waals surface area contributed by atoms with E-state index in [0.29, 0.717) is 17.5 Å². The van der Waals surface area contributed by atoms with Gasteiger partial charge in [0, 0.05) is 32.8 Å². The zero-order chi connectivity index (χ0) is 27.2. The summed E-state index contributed by atoms with van der Waals surface area (Å²) in [6.45, 7) is 0. The Hall–Kier alpha value is -5.61. The van der Waals surface area contributed by atoms with Crippen LogP contribution in [0.3, 0.4) is 0 Å². The summed E-state index contributed by atoms with van der Waals surface area (Å²) in [7, 11) is 0. The van der Waals surface area contributed by atoms with Crippen molar-refractivity contribution in [2.45, 2.75) is 0 Å². The van der Waals surface area contributed by atoms with Crippen LogP contribution in [0.25, 0.3) is 78.0 Å². The van der Waals surface area contributed by atoms with Crippen LogP contribution in [0.5, 0.6) is 0 Å². The van der Waals surface area contributed by atoms with Crippen LogP contribution in [-0.2, 0) is 0 Å². The molecule has 2 aromatic heterocycles. The van der Waals surface area contributed by atoms with Gasteiger partial charge >= 0.3 is 0 Å². The predicted molar refractivity (Wildman–Crippen MR) is 166 cm³/mol. The third kappa shape index (κ3) is 4.05. The van der Waals surface area contributed by atoms with Gasteiger partial charge in [-0.15, -0.1) is 0 Å². The van der Waals surface area contributed by atoms with Crippen molar-refractivity contribution < 1.29 is 4.42 Å². The van der Waals surface area contributed by atoms with Crippen molar-refractivity contribution in [1.82, 2.24) is 15.0 Å². The summed E-state index contributed by atoms with van der Waals surface area (Å²) in [5, 5.41) is 4.29. The van der Waals surface area contributed by atoms with Gasteiger partial charge in [0.15, 0.2) is 17.5 Å². The highest BCUT2D eigenvalue weighted by molar-refractivity contribution is 6.17. The number of nitrogens with zero attached hydrogens (tertiary/aromatic N) is 3. The van der Waals surface area contributed by atoms with Crippen LogP contribution in [0, 0.1) is 0 Å². The standard InChI is InChI=1S/C37H23N3O/c1-3-10-24(11-4-1)25-18-20-27(21-19-25)36-38-35(26-12-5-2-6-13-26)39-37(40-36)32-16-9-15-30-28(32)22-23-31-29-14-7-8-17-33(29)41-34(30)31/h1-23H. The molecular formula is C37H23N3O. The first kappa shape index (κ1) is 23.3. The molecule has 0 N–H and O–H groups in total. The number of furan rings is 1. The molecule has 0 atom stereocenters. The molecular weight excluding hydrogens is 502 g/mol. The lowest BCUT2D eigenvalue weighted by Gasteiger charge is -2.11. The second kappa shape index (κ2) is 9.54. The van der Waals surface area contributed by atoms with Gasteiger partial charge in [0.1, 0.15) is 11.2 Å². The molecule has 0 saturated carbocycles. The SMILES string of the molecule is c1ccc(-c2ccc(-c3nc(-c4ccccc4)nc(-c4cccc5c4ccc4c6ccccc6oc54)n3)cc2)cc1. The average Bonchev–Trinajstić information content (AvgIpc) is 3.44. The minimum absolute atomic E-state index is 0.627. The molecule has 0 spiro atoms. The maximum Gasteiger partial charge on any atom is 0.164 e. The molecule has 192 valence electrons. The van der Waals surface area contributed by atoms with Crippen LogP contribution in [0.2, 0.25) is 0 Å². The summed E-state index contributed by atoms with van der Waals surface area (Å²) in [6.07, 6.45) is 0. The maximum absolute atomic E-state index is 6.34. The largest absolute Gasteiger partial charge is 0.455 e. The van der Waals surface area contributed by atoms with Gasteiger partial charge in [-0.25, -0.2) is 15.0 Å². The van der Waals surface area contributed by atoms with E-state index in [1.165, 1.54) is 5.56 Å². The highest BCUT2D eigenvalue weighted by Crippen LogP contribution is 2.37. The molecule has 0 aliphatic carbocycles. The highest BCUT2D eigenvalue weighted by atomic mass is 16.3. The van der Waals surface area contributed by atoms with Crippen molar-refractivity contribution in [2.75, 3.05) is 0 Å². The van der Waals surface area contributed by atoms with Crippen LogP contribution in [-0.4, -0.2) is 15.0 Å². The summed E-state index contributed by atoms with van der Waals surface area (Å²) in [5.74, 6) is 1.90. The maximum atomic E-state index is 6.34. The Balaban J connectivity index is 1.32. The number of aromatic nitrogens is 3. The van der Waals surface area contributed by atoms with E-state index in [4.69, 9.17) is 19.4 Å². The summed E-state index contributed by atoms with van der Waals surface area (Å²) in [5.41, 5.74) is 6.90. The minimum atomic E-state index is 0.627. The molecule has 0 saturated heterocycles. The second-order valence-corrected chi connectivity index (χ2v) is 10.1. The van der Waals surface area contributed by atoms with Gasteiger partial charge in [-0.1, -0.05) is 127 Å². The Kier molecular flexibility index (Phi) is 5.42. The number of benzene rings is 6. The lowest BCUT2D eigenvalue weighted by Crippen LogP contribution is -2.00. The minimum Gasteiger partial charge on any atom is -0.455 e. The van der Waals surface area contributed by atoms with Gasteiger partial charge in [0.25, 0.3) is 0 Å². The Labute approximate surface area is 236 Å². The van der Waals surface area contributed by atoms with E-state index >= 15 is 0 Å². The number of hydrogen-bond donors (Lipinski definition) is 0. The van der Waals surface area contributed by atoms with E-state index in [1.807, 2.05) is 60.7 Å². The van der Waals surface area contributed by atoms with Crippen molar-refractivity contribution in [2.24, 2.45) is 0 Å². The van der Waals surface area contributed by atoms with Crippen molar-refractivity contribution in [1.29, 1.82) is 0 Å². The third-order valence-corrected chi connectivity index (χ3v) is 7.56. The Morgan fingerprint density at radius 1 is 0.341 bits per heavy atom. The van der Waals surface area contributed by atoms with E-state index in [2.05, 4.69) is 78.9 Å². The second-order valence-electron chi connectivity index (χ2n) is 10.1. The fourth-order valence-electron chi connectivity index (χ4n) is 5.52. The van der Waals surface area contributed by atoms with E-state index in [-0.39, 0.29) is 0 Å². The summed E-state index contributed by atoms with van der Waals surface area (Å²) in [6, 6.07) is 47.5. The summed E-state index contributed by atoms with van der Waals surface area (Å²) < 4.78 is 6.34. The Morgan fingerprint density at radius 3 is 1.61 bits per heavy atom. The Morgan fingerprint density at radius 2 is 0.854 bits per heavy atom. The van der Waals surface area contributed by atoms with E-state index < -0.39 is 0 Å². The summed E-state index contributed by atoms with van der Waals surface area (Å²) in [4.78, 5) is 14.9. The quantitative estimate of drug-likeness (QED) is 0.230. The molecule has 4 heteroatoms. The van der Waals surface area contributed by atoms with Gasteiger partial charge in [0.2, 0.25) is 0 Å². The monoisotopic (exact) mass is 525 g/mol. The third-order valence-electron chi connectivity index (χ3n) is 7.56. The van der Waals surface area contributed by atoms with E-state index in [1.54, 1.807) is 0 Å². The van der Waals surface area contributed by atoms with Gasteiger partial charge in [-0.05, 0) is 28.6 Å². The Bertz CT molecular complexity index is 2180. The molecule has 8 rings (SSSR count). The van der Waals surface area contributed by atoms with Crippen molar-refractivity contribution in [3.8, 4) is 45.3 Å². The van der Waals surface area contributed by atoms with Crippen molar-refractivity contribution in [3.05, 3.63) is 140 Å². The highest BCUT2D eigenvalue weighted by Gasteiger charge is 2.17. The van der Waals surface area contributed by atoms with Crippen LogP contribution >= 0.6 is 0 Å². The molecule has 41 heavy (non-hydrogen) atoms. The fourth-order valence-corrected chi connectivity index (χ4v) is 5.52. The molecule has 0 aliphatic heterocycles. The number of hydrogen-bond acceptors (Lipinski definition) is 4. The molecule has 6 aromatic carbocycles. The van der Waals surface area contributed by atoms with Gasteiger partial charge in [0.05, 0.1) is 0 Å². The van der Waals surface area contributed by atoms with Gasteiger partial charge in [-0.3, -0.25) is 0 Å². The first-order valence-electron chi connectivity index (χ1n) is 13.6. The topological polar surface area (TPSA) is 51.8 Å². The summed E-state index contributed by atoms with van der Waals surface area (Å²) >= 11 is 0. The molecule has 8 aromatic rings. The first-order chi connectivity index (χ1) is 20.3. The number of rotatable bonds is 4. The lowest BCUT2D eigenvalue weighted by molar-refractivity contribution is 0.672. The fraction of sp³-hybridized carbons (Fsp3) is 0. The molecule has 0 unspecified atom stereocenters. The van der Waals surface area contributed by atoms with Crippen LogP contribution in [0.1, 0.15) is 0 Å². The predicted octanol–water partition coefficient (Wildman–Crippen LogP) is 9.59. The van der Waals surface area contributed by atoms with E-state index in [0.717, 1.165) is 55.0 Å². The molecule has 0 fully saturated rings. The lowest BCUT2D eigenvalue weighted by atomic mass is 10.0. The smallest absolute Gasteiger partial charge is 0.164 e. The van der Waals surface area contributed by atoms with Gasteiger partial charge < -0.3 is 4.42 Å². The van der Waals surface area contributed by atoms with Crippen LogP contribution in [0.4, 0.5) is 0 Å². The van der Waals surface area contributed by atoms with Crippen LogP contribution < -0.4 is 0 Å². The van der Waals surface area contributed by atoms with E-state index in [9.17, 15) is 0 Å². The van der Waals surface area contributed by atoms with Gasteiger partial charge in [-0.2, -0.15) is 0 Å². The van der Waals surface area contributed by atoms with Crippen LogP contribution in [0.15, 0.2) is 144 Å². The van der Waals surface area contributed by atoms with Crippen molar-refractivity contribution >= 4 is 32.7 Å². The normalized spacial score (nSPS) is 11.4. The molecule has 0 aliphatic rings. The average molecular weight is 526 g/mol. The molecule has 0 bridgehead atoms. The number of para-hydroxylation sites is 1. The molecule has 0 radical (unpaired) electrons. The zero-order valence-electron chi connectivity index (χ0n) is 22.0.